The van der Waals surface area contributed by atoms with Crippen molar-refractivity contribution < 1.29 is 64.2 Å². The van der Waals surface area contributed by atoms with Crippen molar-refractivity contribution in [3.05, 3.63) is 192 Å². The first-order chi connectivity index (χ1) is 47.5. The summed E-state index contributed by atoms with van der Waals surface area (Å²) in [4.78, 5) is 72.2. The fourth-order valence-corrected chi connectivity index (χ4v) is 13.4. The lowest BCUT2D eigenvalue weighted by molar-refractivity contribution is -0.918. The van der Waals surface area contributed by atoms with Crippen LogP contribution in [0.2, 0.25) is 0 Å². The van der Waals surface area contributed by atoms with Gasteiger partial charge in [-0.3, -0.25) is 33.9 Å². The molecule has 10 rings (SSSR count). The largest absolute Gasteiger partial charge is 1.00 e. The summed E-state index contributed by atoms with van der Waals surface area (Å²) in [6.45, 7) is 30.4. The number of hydrogen-bond donors (Lipinski definition) is 8. The van der Waals surface area contributed by atoms with Crippen molar-refractivity contribution in [2.45, 2.75) is 207 Å². The van der Waals surface area contributed by atoms with Gasteiger partial charge in [-0.05, 0) is 143 Å². The summed E-state index contributed by atoms with van der Waals surface area (Å²) in [7, 11) is 0. The number of piperidine rings is 4. The summed E-state index contributed by atoms with van der Waals surface area (Å²) >= 11 is 0. The lowest BCUT2D eigenvalue weighted by Crippen LogP contribution is -3.12. The Morgan fingerprint density at radius 2 is 0.842 bits per heavy atom. The normalized spacial score (nSPS) is 18.0. The average Bonchev–Trinajstić information content (AvgIpc) is 0.885. The number of carbonyl (C=O) groups is 5. The van der Waals surface area contributed by atoms with Gasteiger partial charge in [0.1, 0.15) is 24.2 Å². The zero-order valence-corrected chi connectivity index (χ0v) is 63.5. The number of carbonyl (C=O) groups excluding carboxylic acids is 5. The van der Waals surface area contributed by atoms with E-state index < -0.39 is 23.8 Å². The maximum atomic E-state index is 13.2. The molecule has 4 aliphatic heterocycles. The van der Waals surface area contributed by atoms with Crippen LogP contribution in [-0.2, 0) is 45.3 Å². The molecule has 4 saturated heterocycles. The molecule has 0 bridgehead atoms. The molecule has 0 spiro atoms. The molecule has 6 aromatic carbocycles. The van der Waals surface area contributed by atoms with Crippen LogP contribution in [0, 0.1) is 17.8 Å². The molecule has 101 heavy (non-hydrogen) atoms. The van der Waals surface area contributed by atoms with Crippen molar-refractivity contribution in [1.82, 2.24) is 41.3 Å². The predicted molar refractivity (Wildman–Crippen MR) is 400 cm³/mol. The second-order valence-electron chi connectivity index (χ2n) is 30.3. The van der Waals surface area contributed by atoms with Gasteiger partial charge in [-0.1, -0.05) is 193 Å². The number of ether oxygens (including phenoxy) is 1. The van der Waals surface area contributed by atoms with Crippen molar-refractivity contribution in [3.8, 4) is 0 Å². The van der Waals surface area contributed by atoms with Crippen LogP contribution in [0.25, 0.3) is 10.8 Å². The minimum atomic E-state index is -0.589. The first kappa shape index (κ1) is 84.7. The third kappa shape index (κ3) is 32.5. The molecule has 0 aliphatic carbocycles. The Hall–Kier alpha value is -6.93. The molecule has 11 N–H and O–H groups in total. The van der Waals surface area contributed by atoms with Gasteiger partial charge in [0.15, 0.2) is 6.04 Å². The summed E-state index contributed by atoms with van der Waals surface area (Å²) in [6, 6.07) is 55.7. The number of hydrogen-bond acceptors (Lipinski definition) is 10. The molecule has 4 aliphatic rings. The van der Waals surface area contributed by atoms with Crippen LogP contribution in [0.1, 0.15) is 166 Å². The number of rotatable bonds is 23. The van der Waals surface area contributed by atoms with E-state index >= 15 is 0 Å². The van der Waals surface area contributed by atoms with Gasteiger partial charge >= 0.3 is 6.09 Å². The van der Waals surface area contributed by atoms with E-state index in [0.29, 0.717) is 42.3 Å². The minimum Gasteiger partial charge on any atom is -1.00 e. The number of halogens is 2. The van der Waals surface area contributed by atoms with Gasteiger partial charge in [-0.25, -0.2) is 4.79 Å². The third-order valence-electron chi connectivity index (χ3n) is 18.8. The van der Waals surface area contributed by atoms with Crippen molar-refractivity contribution in [3.63, 3.8) is 0 Å². The van der Waals surface area contributed by atoms with Gasteiger partial charge in [0.2, 0.25) is 11.8 Å². The number of fused-ring (bicyclic) bond motifs is 1. The molecule has 0 radical (unpaired) electrons. The Labute approximate surface area is 617 Å². The Kier molecular flexibility index (Phi) is 37.4. The van der Waals surface area contributed by atoms with Crippen molar-refractivity contribution >= 4 is 40.5 Å². The molecule has 4 heterocycles. The highest BCUT2D eigenvalue weighted by molar-refractivity contribution is 6.00. The van der Waals surface area contributed by atoms with E-state index in [9.17, 15) is 24.0 Å². The molecule has 0 aromatic heterocycles. The first-order valence-corrected chi connectivity index (χ1v) is 36.9. The Morgan fingerprint density at radius 3 is 1.26 bits per heavy atom. The van der Waals surface area contributed by atoms with Gasteiger partial charge < -0.3 is 72.5 Å². The topological polar surface area (TPSA) is 223 Å². The molecule has 3 atom stereocenters. The highest BCUT2D eigenvalue weighted by atomic mass is 35.5. The number of amides is 5. The van der Waals surface area contributed by atoms with E-state index in [4.69, 9.17) is 10.5 Å². The van der Waals surface area contributed by atoms with E-state index in [-0.39, 0.29) is 72.5 Å². The number of likely N-dealkylation sites (tertiary alicyclic amines) is 4. The van der Waals surface area contributed by atoms with E-state index in [0.717, 1.165) is 147 Å². The van der Waals surface area contributed by atoms with Gasteiger partial charge in [0.05, 0.1) is 13.1 Å². The molecule has 5 amide bonds. The fourth-order valence-electron chi connectivity index (χ4n) is 13.4. The standard InChI is InChI=1S/C29H35N3O2.C23H37N3O3.C18H29N3O.C12H18N2.2ClH/c1-21(2)18-27(31-28(33)25-13-12-23-10-6-7-11-24(23)19-25)29(34)30-26-14-16-32(17-15-26)20-22-8-4-3-5-9-22;1-17(2)15-20(25-22(28)29-23(3,4)5)21(27)24-19-11-13-26(14-12-19)16-18-9-7-6-8-10-18;1-14(2)12-17(19)18(22)20-16-8-10-21(11-9-16)13-15-6-4-3-5-7-15;13-12-6-8-14(9-7-12)10-11-4-2-1-3-5-11;;/h3-13,19,21,26-27H,14-18,20H2,1-2H3,(H,30,34)(H,31,33);6-10,17,19-20H,11-16H2,1-5H3,(H,24,27)(H,25,28);3-7,14,16-17H,8-13,19H2,1-2H3,(H,20,22);1-5,12H,6-10,13H2;2*1H. The van der Waals surface area contributed by atoms with Crippen LogP contribution in [0.15, 0.2) is 164 Å². The monoisotopic (exact) mass is 1430 g/mol. The Balaban J connectivity index is 0.000000251. The Morgan fingerprint density at radius 1 is 0.475 bits per heavy atom. The summed E-state index contributed by atoms with van der Waals surface area (Å²) in [5.74, 6) is 0.823. The average molecular weight is 1430 g/mol. The number of nitrogens with two attached hydrogens (primary N) is 1. The molecule has 0 saturated carbocycles. The van der Waals surface area contributed by atoms with E-state index in [2.05, 4.69) is 184 Å². The number of quaternary nitrogens is 2. The second-order valence-corrected chi connectivity index (χ2v) is 30.3. The van der Waals surface area contributed by atoms with Gasteiger partial charge in [0.25, 0.3) is 11.8 Å². The van der Waals surface area contributed by atoms with E-state index in [1.807, 2.05) is 89.2 Å². The van der Waals surface area contributed by atoms with Crippen molar-refractivity contribution in [2.75, 3.05) is 52.4 Å². The first-order valence-electron chi connectivity index (χ1n) is 36.9. The quantitative estimate of drug-likeness (QED) is 0.0459. The summed E-state index contributed by atoms with van der Waals surface area (Å²) in [5.41, 5.74) is 15.3. The smallest absolute Gasteiger partial charge is 0.408 e. The maximum absolute atomic E-state index is 13.2. The second kappa shape index (κ2) is 44.6. The van der Waals surface area contributed by atoms with Crippen LogP contribution in [0.4, 0.5) is 4.79 Å². The molecule has 17 nitrogen and oxygen atoms in total. The molecule has 3 unspecified atom stereocenters. The summed E-state index contributed by atoms with van der Waals surface area (Å²) in [5, 5.41) is 17.4. The molecule has 554 valence electrons. The minimum absolute atomic E-state index is 0. The number of nitrogens with zero attached hydrogens (tertiary/aromatic N) is 3. The fraction of sp³-hybridized carbons (Fsp3) is 0.524. The SMILES string of the molecule is CC(C)CC(NC(=O)OC(C)(C)C)C(=O)NC1CCN(Cc2ccccc2)CC1.CC(C)CC(NC(=O)c1ccc2ccccc2c1)C(=O)NC1CCN(Cc2ccccc2)CC1.CC(C)CC([NH3+])C(=O)NC1CC[NH+](Cc2ccccc2)CC1.NC1CCN(Cc2ccccc2)CC1.[Cl-].[Cl-]. The van der Waals surface area contributed by atoms with E-state index in [1.165, 1.54) is 22.3 Å². The van der Waals surface area contributed by atoms with Crippen molar-refractivity contribution in [1.29, 1.82) is 0 Å². The van der Waals surface area contributed by atoms with Crippen LogP contribution in [0.5, 0.6) is 0 Å². The van der Waals surface area contributed by atoms with Crippen molar-refractivity contribution in [2.24, 2.45) is 23.5 Å². The predicted octanol–water partition coefficient (Wildman–Crippen LogP) is 4.10. The summed E-state index contributed by atoms with van der Waals surface area (Å²) in [6.07, 6.45) is 9.62. The zero-order valence-electron chi connectivity index (χ0n) is 62.0. The maximum Gasteiger partial charge on any atom is 0.408 e. The highest BCUT2D eigenvalue weighted by Gasteiger charge is 2.31. The van der Waals surface area contributed by atoms with Crippen LogP contribution >= 0.6 is 0 Å². The van der Waals surface area contributed by atoms with Crippen LogP contribution in [-0.4, -0.2) is 145 Å². The highest BCUT2D eigenvalue weighted by Crippen LogP contribution is 2.21. The molecule has 4 fully saturated rings. The Bertz CT molecular complexity index is 3320. The zero-order chi connectivity index (χ0) is 71.1. The molecular formula is C82H121Cl2N11O6. The summed E-state index contributed by atoms with van der Waals surface area (Å²) < 4.78 is 5.32. The number of benzene rings is 6. The molecular weight excluding hydrogens is 1310 g/mol. The van der Waals surface area contributed by atoms with Gasteiger partial charge in [-0.15, -0.1) is 0 Å². The van der Waals surface area contributed by atoms with Gasteiger partial charge in [0, 0.05) is 100 Å². The lowest BCUT2D eigenvalue weighted by atomic mass is 10.00. The molecule has 6 aromatic rings. The van der Waals surface area contributed by atoms with Crippen LogP contribution < -0.4 is 67.8 Å². The van der Waals surface area contributed by atoms with Crippen LogP contribution in [0.3, 0.4) is 0 Å². The van der Waals surface area contributed by atoms with Gasteiger partial charge in [-0.2, -0.15) is 0 Å². The molecule has 19 heteroatoms. The number of alkyl carbamates (subject to hydrolysis) is 1. The number of nitrogens with one attached hydrogen (secondary N) is 6. The lowest BCUT2D eigenvalue weighted by Gasteiger charge is -2.33. The van der Waals surface area contributed by atoms with E-state index in [1.54, 1.807) is 4.90 Å². The third-order valence-corrected chi connectivity index (χ3v) is 18.8.